The molecule has 1 amide bonds. The van der Waals surface area contributed by atoms with Gasteiger partial charge >= 0.3 is 0 Å². The molecule has 0 radical (unpaired) electrons. The van der Waals surface area contributed by atoms with Crippen molar-refractivity contribution in [2.24, 2.45) is 0 Å². The van der Waals surface area contributed by atoms with Gasteiger partial charge in [-0.25, -0.2) is 4.98 Å². The number of piperazine rings is 1. The summed E-state index contributed by atoms with van der Waals surface area (Å²) < 4.78 is 5.19. The lowest BCUT2D eigenvalue weighted by atomic mass is 10.2. The standard InChI is InChI=1S/C22H23N3O2S/c1-16-4-3-5-18(14-16)24-10-12-25(13-11-24)22(26)20-15-28-21(23-20)17-6-8-19(27-2)9-7-17/h3-9,14-15H,10-13H2,1-2H3. The molecule has 1 aliphatic rings. The van der Waals surface area contributed by atoms with Crippen molar-refractivity contribution >= 4 is 22.9 Å². The van der Waals surface area contributed by atoms with Crippen LogP contribution in [0, 0.1) is 6.92 Å². The highest BCUT2D eigenvalue weighted by Gasteiger charge is 2.24. The topological polar surface area (TPSA) is 45.7 Å². The molecule has 0 atom stereocenters. The molecule has 6 heteroatoms. The van der Waals surface area contributed by atoms with E-state index in [0.29, 0.717) is 18.8 Å². The summed E-state index contributed by atoms with van der Waals surface area (Å²) in [7, 11) is 1.65. The zero-order chi connectivity index (χ0) is 19.5. The smallest absolute Gasteiger partial charge is 0.273 e. The Balaban J connectivity index is 1.41. The van der Waals surface area contributed by atoms with Gasteiger partial charge in [0, 0.05) is 42.8 Å². The Morgan fingerprint density at radius 3 is 2.50 bits per heavy atom. The van der Waals surface area contributed by atoms with Crippen LogP contribution in [-0.2, 0) is 0 Å². The summed E-state index contributed by atoms with van der Waals surface area (Å²) in [5, 5.41) is 2.71. The number of methoxy groups -OCH3 is 1. The van der Waals surface area contributed by atoms with Gasteiger partial charge in [0.05, 0.1) is 7.11 Å². The second-order valence-corrected chi connectivity index (χ2v) is 7.74. The Kier molecular flexibility index (Phi) is 5.30. The molecule has 144 valence electrons. The second-order valence-electron chi connectivity index (χ2n) is 6.88. The lowest BCUT2D eigenvalue weighted by Crippen LogP contribution is -2.48. The fourth-order valence-electron chi connectivity index (χ4n) is 3.39. The number of thiazole rings is 1. The minimum atomic E-state index is 0.0138. The molecule has 1 aromatic heterocycles. The third-order valence-electron chi connectivity index (χ3n) is 4.99. The van der Waals surface area contributed by atoms with E-state index in [4.69, 9.17) is 4.74 Å². The van der Waals surface area contributed by atoms with Crippen molar-refractivity contribution in [2.75, 3.05) is 38.2 Å². The van der Waals surface area contributed by atoms with Gasteiger partial charge in [0.2, 0.25) is 0 Å². The molecule has 28 heavy (non-hydrogen) atoms. The normalized spacial score (nSPS) is 14.2. The van der Waals surface area contributed by atoms with Crippen LogP contribution in [-0.4, -0.2) is 49.1 Å². The number of amides is 1. The number of nitrogens with zero attached hydrogens (tertiary/aromatic N) is 3. The number of hydrogen-bond acceptors (Lipinski definition) is 5. The van der Waals surface area contributed by atoms with E-state index in [1.54, 1.807) is 7.11 Å². The third kappa shape index (κ3) is 3.87. The van der Waals surface area contributed by atoms with E-state index >= 15 is 0 Å². The maximum absolute atomic E-state index is 12.9. The first-order valence-corrected chi connectivity index (χ1v) is 10.2. The highest BCUT2D eigenvalue weighted by molar-refractivity contribution is 7.13. The number of aromatic nitrogens is 1. The Bertz CT molecular complexity index is 960. The molecule has 0 aliphatic carbocycles. The van der Waals surface area contributed by atoms with Gasteiger partial charge in [-0.1, -0.05) is 12.1 Å². The molecule has 2 heterocycles. The summed E-state index contributed by atoms with van der Waals surface area (Å²) in [4.78, 5) is 21.7. The SMILES string of the molecule is COc1ccc(-c2nc(C(=O)N3CCN(c4cccc(C)c4)CC3)cs2)cc1. The Hall–Kier alpha value is -2.86. The number of aryl methyl sites for hydroxylation is 1. The first kappa shape index (κ1) is 18.5. The van der Waals surface area contributed by atoms with Crippen molar-refractivity contribution in [3.63, 3.8) is 0 Å². The minimum Gasteiger partial charge on any atom is -0.497 e. The zero-order valence-corrected chi connectivity index (χ0v) is 16.9. The van der Waals surface area contributed by atoms with Gasteiger partial charge in [-0.05, 0) is 48.9 Å². The molecule has 1 fully saturated rings. The summed E-state index contributed by atoms with van der Waals surface area (Å²) in [5.74, 6) is 0.822. The maximum atomic E-state index is 12.9. The van der Waals surface area contributed by atoms with Gasteiger partial charge < -0.3 is 14.5 Å². The zero-order valence-electron chi connectivity index (χ0n) is 16.1. The minimum absolute atomic E-state index is 0.0138. The molecule has 0 N–H and O–H groups in total. The van der Waals surface area contributed by atoms with Gasteiger partial charge in [0.25, 0.3) is 5.91 Å². The van der Waals surface area contributed by atoms with Gasteiger partial charge in [-0.3, -0.25) is 4.79 Å². The van der Waals surface area contributed by atoms with Crippen LogP contribution < -0.4 is 9.64 Å². The number of carbonyl (C=O) groups excluding carboxylic acids is 1. The third-order valence-corrected chi connectivity index (χ3v) is 5.89. The summed E-state index contributed by atoms with van der Waals surface area (Å²) in [6, 6.07) is 16.2. The summed E-state index contributed by atoms with van der Waals surface area (Å²) in [5.41, 5.74) is 4.00. The predicted molar refractivity (Wildman–Crippen MR) is 113 cm³/mol. The average Bonchev–Trinajstić information content (AvgIpc) is 3.24. The van der Waals surface area contributed by atoms with E-state index in [1.165, 1.54) is 22.6 Å². The molecule has 0 saturated carbocycles. The van der Waals surface area contributed by atoms with Gasteiger partial charge in [-0.15, -0.1) is 11.3 Å². The van der Waals surface area contributed by atoms with Crippen molar-refractivity contribution in [1.82, 2.24) is 9.88 Å². The first-order chi connectivity index (χ1) is 13.6. The monoisotopic (exact) mass is 393 g/mol. The number of ether oxygens (including phenoxy) is 1. The van der Waals surface area contributed by atoms with Crippen molar-refractivity contribution in [2.45, 2.75) is 6.92 Å². The van der Waals surface area contributed by atoms with E-state index in [1.807, 2.05) is 34.5 Å². The largest absolute Gasteiger partial charge is 0.497 e. The van der Waals surface area contributed by atoms with Gasteiger partial charge in [0.15, 0.2) is 0 Å². The van der Waals surface area contributed by atoms with Crippen LogP contribution in [0.1, 0.15) is 16.1 Å². The number of hydrogen-bond donors (Lipinski definition) is 0. The fraction of sp³-hybridized carbons (Fsp3) is 0.273. The van der Waals surface area contributed by atoms with E-state index < -0.39 is 0 Å². The van der Waals surface area contributed by atoms with Crippen molar-refractivity contribution in [3.8, 4) is 16.3 Å². The van der Waals surface area contributed by atoms with Crippen LogP contribution in [0.5, 0.6) is 5.75 Å². The molecular formula is C22H23N3O2S. The highest BCUT2D eigenvalue weighted by Crippen LogP contribution is 2.26. The van der Waals surface area contributed by atoms with E-state index in [0.717, 1.165) is 29.4 Å². The molecule has 0 spiro atoms. The van der Waals surface area contributed by atoms with E-state index in [-0.39, 0.29) is 5.91 Å². The number of benzene rings is 2. The second kappa shape index (κ2) is 8.02. The van der Waals surface area contributed by atoms with Crippen LogP contribution in [0.2, 0.25) is 0 Å². The number of rotatable bonds is 4. The van der Waals surface area contributed by atoms with Crippen LogP contribution in [0.4, 0.5) is 5.69 Å². The fourth-order valence-corrected chi connectivity index (χ4v) is 4.19. The van der Waals surface area contributed by atoms with Crippen LogP contribution in [0.15, 0.2) is 53.9 Å². The van der Waals surface area contributed by atoms with Crippen molar-refractivity contribution < 1.29 is 9.53 Å². The average molecular weight is 394 g/mol. The molecule has 1 aliphatic heterocycles. The highest BCUT2D eigenvalue weighted by atomic mass is 32.1. The number of anilines is 1. The van der Waals surface area contributed by atoms with Crippen LogP contribution in [0.3, 0.4) is 0 Å². The Labute approximate surface area is 169 Å². The van der Waals surface area contributed by atoms with Crippen LogP contribution >= 0.6 is 11.3 Å². The summed E-state index contributed by atoms with van der Waals surface area (Å²) in [6.45, 7) is 5.20. The molecule has 5 nitrogen and oxygen atoms in total. The molecular weight excluding hydrogens is 370 g/mol. The molecule has 4 rings (SSSR count). The molecule has 2 aromatic carbocycles. The van der Waals surface area contributed by atoms with Gasteiger partial charge in [0.1, 0.15) is 16.5 Å². The summed E-state index contributed by atoms with van der Waals surface area (Å²) in [6.07, 6.45) is 0. The molecule has 0 bridgehead atoms. The Morgan fingerprint density at radius 2 is 1.82 bits per heavy atom. The molecule has 1 saturated heterocycles. The van der Waals surface area contributed by atoms with E-state index in [2.05, 4.69) is 41.1 Å². The number of carbonyl (C=O) groups is 1. The quantitative estimate of drug-likeness (QED) is 0.670. The van der Waals surface area contributed by atoms with Crippen LogP contribution in [0.25, 0.3) is 10.6 Å². The van der Waals surface area contributed by atoms with Crippen molar-refractivity contribution in [3.05, 3.63) is 65.2 Å². The van der Waals surface area contributed by atoms with Gasteiger partial charge in [-0.2, -0.15) is 0 Å². The lowest BCUT2D eigenvalue weighted by Gasteiger charge is -2.36. The Morgan fingerprint density at radius 1 is 1.07 bits per heavy atom. The van der Waals surface area contributed by atoms with Crippen molar-refractivity contribution in [1.29, 1.82) is 0 Å². The lowest BCUT2D eigenvalue weighted by molar-refractivity contribution is 0.0742. The maximum Gasteiger partial charge on any atom is 0.273 e. The predicted octanol–water partition coefficient (Wildman–Crippen LogP) is 4.09. The van der Waals surface area contributed by atoms with E-state index in [9.17, 15) is 4.79 Å². The summed E-state index contributed by atoms with van der Waals surface area (Å²) >= 11 is 1.50. The molecule has 3 aromatic rings. The first-order valence-electron chi connectivity index (χ1n) is 9.35. The molecule has 0 unspecified atom stereocenters.